The van der Waals surface area contributed by atoms with Crippen molar-refractivity contribution in [2.75, 3.05) is 20.8 Å². The number of rotatable bonds is 6. The van der Waals surface area contributed by atoms with E-state index in [0.717, 1.165) is 5.56 Å². The molecule has 3 heteroatoms. The van der Waals surface area contributed by atoms with Gasteiger partial charge in [-0.1, -0.05) is 60.7 Å². The van der Waals surface area contributed by atoms with Gasteiger partial charge in [0.05, 0.1) is 6.61 Å². The van der Waals surface area contributed by atoms with Crippen LogP contribution in [-0.2, 0) is 15.1 Å². The average molecular weight is 270 g/mol. The minimum absolute atomic E-state index is 0.103. The molecule has 20 heavy (non-hydrogen) atoms. The van der Waals surface area contributed by atoms with Crippen molar-refractivity contribution < 1.29 is 14.3 Å². The smallest absolute Gasteiger partial charge is 0.201 e. The third-order valence-electron chi connectivity index (χ3n) is 3.34. The van der Waals surface area contributed by atoms with E-state index >= 15 is 0 Å². The number of Topliss-reactive ketones (excluding diaryl/α,β-unsaturated/α-hetero) is 1. The van der Waals surface area contributed by atoms with Gasteiger partial charge in [0, 0.05) is 19.8 Å². The molecule has 3 nitrogen and oxygen atoms in total. The topological polar surface area (TPSA) is 35.5 Å². The molecular formula is C17H18O3. The molecule has 2 rings (SSSR count). The molecule has 0 heterocycles. The van der Waals surface area contributed by atoms with E-state index in [9.17, 15) is 4.79 Å². The third kappa shape index (κ3) is 2.64. The molecule has 0 spiro atoms. The summed E-state index contributed by atoms with van der Waals surface area (Å²) in [6, 6.07) is 18.6. The molecule has 0 fully saturated rings. The zero-order chi connectivity index (χ0) is 14.4. The second kappa shape index (κ2) is 6.46. The van der Waals surface area contributed by atoms with E-state index in [0.29, 0.717) is 5.56 Å². The number of ether oxygens (including phenoxy) is 2. The number of ketones is 1. The second-order valence-corrected chi connectivity index (χ2v) is 4.53. The molecule has 0 aromatic heterocycles. The summed E-state index contributed by atoms with van der Waals surface area (Å²) in [4.78, 5) is 12.9. The van der Waals surface area contributed by atoms with Crippen molar-refractivity contribution in [1.82, 2.24) is 0 Å². The summed E-state index contributed by atoms with van der Waals surface area (Å²) in [5.41, 5.74) is 0.283. The Bertz CT molecular complexity index is 551. The molecule has 2 aromatic carbocycles. The standard InChI is InChI=1S/C17H18O3/c1-19-13-17(20-2,15-11-7-4-8-12-15)16(18)14-9-5-3-6-10-14/h3-12H,13H2,1-2H3. The molecule has 0 bridgehead atoms. The Hall–Kier alpha value is -1.97. The van der Waals surface area contributed by atoms with E-state index in [4.69, 9.17) is 9.47 Å². The Kier molecular flexibility index (Phi) is 4.66. The zero-order valence-electron chi connectivity index (χ0n) is 11.7. The lowest BCUT2D eigenvalue weighted by molar-refractivity contribution is -0.0457. The van der Waals surface area contributed by atoms with Crippen LogP contribution in [0.1, 0.15) is 15.9 Å². The first kappa shape index (κ1) is 14.4. The third-order valence-corrected chi connectivity index (χ3v) is 3.34. The van der Waals surface area contributed by atoms with Crippen molar-refractivity contribution >= 4 is 5.78 Å². The summed E-state index contributed by atoms with van der Waals surface area (Å²) in [5.74, 6) is -0.103. The van der Waals surface area contributed by atoms with Crippen molar-refractivity contribution in [2.45, 2.75) is 5.60 Å². The first-order chi connectivity index (χ1) is 9.74. The highest BCUT2D eigenvalue weighted by atomic mass is 16.5. The maximum Gasteiger partial charge on any atom is 0.201 e. The molecule has 0 amide bonds. The van der Waals surface area contributed by atoms with Gasteiger partial charge in [-0.3, -0.25) is 4.79 Å². The lowest BCUT2D eigenvalue weighted by Gasteiger charge is -2.30. The van der Waals surface area contributed by atoms with E-state index < -0.39 is 5.60 Å². The molecule has 0 saturated carbocycles. The van der Waals surface area contributed by atoms with Gasteiger partial charge in [0.1, 0.15) is 0 Å². The van der Waals surface area contributed by atoms with Crippen LogP contribution in [0.15, 0.2) is 60.7 Å². The predicted octanol–water partition coefficient (Wildman–Crippen LogP) is 3.06. The fourth-order valence-corrected chi connectivity index (χ4v) is 2.28. The second-order valence-electron chi connectivity index (χ2n) is 4.53. The Morgan fingerprint density at radius 3 is 2.00 bits per heavy atom. The average Bonchev–Trinajstić information content (AvgIpc) is 2.54. The summed E-state index contributed by atoms with van der Waals surface area (Å²) in [7, 11) is 3.10. The summed E-state index contributed by atoms with van der Waals surface area (Å²) in [6.45, 7) is 0.168. The van der Waals surface area contributed by atoms with Gasteiger partial charge < -0.3 is 9.47 Å². The lowest BCUT2D eigenvalue weighted by Crippen LogP contribution is -2.42. The molecule has 104 valence electrons. The Balaban J connectivity index is 2.50. The maximum absolute atomic E-state index is 12.9. The number of hydrogen-bond donors (Lipinski definition) is 0. The van der Waals surface area contributed by atoms with Crippen LogP contribution in [0.25, 0.3) is 0 Å². The minimum atomic E-state index is -1.11. The van der Waals surface area contributed by atoms with Gasteiger partial charge in [-0.2, -0.15) is 0 Å². The molecule has 0 saturated heterocycles. The molecule has 0 aliphatic carbocycles. The van der Waals surface area contributed by atoms with Crippen molar-refractivity contribution in [2.24, 2.45) is 0 Å². The normalized spacial score (nSPS) is 13.7. The highest BCUT2D eigenvalue weighted by Crippen LogP contribution is 2.30. The Morgan fingerprint density at radius 1 is 0.950 bits per heavy atom. The highest BCUT2D eigenvalue weighted by molar-refractivity contribution is 6.03. The van der Waals surface area contributed by atoms with E-state index in [1.54, 1.807) is 19.2 Å². The predicted molar refractivity (Wildman–Crippen MR) is 77.8 cm³/mol. The monoisotopic (exact) mass is 270 g/mol. The van der Waals surface area contributed by atoms with Crippen LogP contribution < -0.4 is 0 Å². The number of carbonyl (C=O) groups excluding carboxylic acids is 1. The van der Waals surface area contributed by atoms with Crippen LogP contribution in [0.2, 0.25) is 0 Å². The molecule has 0 radical (unpaired) electrons. The van der Waals surface area contributed by atoms with Crippen LogP contribution in [0.4, 0.5) is 0 Å². The molecule has 1 atom stereocenters. The van der Waals surface area contributed by atoms with E-state index in [1.165, 1.54) is 7.11 Å². The first-order valence-electron chi connectivity index (χ1n) is 6.44. The quantitative estimate of drug-likeness (QED) is 0.757. The van der Waals surface area contributed by atoms with Crippen molar-refractivity contribution in [3.63, 3.8) is 0 Å². The molecule has 0 aliphatic heterocycles. The molecule has 0 N–H and O–H groups in total. The molecular weight excluding hydrogens is 252 g/mol. The SMILES string of the molecule is COCC(OC)(C(=O)c1ccccc1)c1ccccc1. The summed E-state index contributed by atoms with van der Waals surface area (Å²) in [6.07, 6.45) is 0. The fraction of sp³-hybridized carbons (Fsp3) is 0.235. The number of carbonyl (C=O) groups is 1. The van der Waals surface area contributed by atoms with Crippen LogP contribution in [0, 0.1) is 0 Å². The summed E-state index contributed by atoms with van der Waals surface area (Å²) >= 11 is 0. The van der Waals surface area contributed by atoms with Gasteiger partial charge in [-0.25, -0.2) is 0 Å². The van der Waals surface area contributed by atoms with Gasteiger partial charge in [0.25, 0.3) is 0 Å². The van der Waals surface area contributed by atoms with Gasteiger partial charge in [-0.15, -0.1) is 0 Å². The molecule has 0 aliphatic rings. The minimum Gasteiger partial charge on any atom is -0.381 e. The largest absolute Gasteiger partial charge is 0.381 e. The van der Waals surface area contributed by atoms with Crippen LogP contribution in [-0.4, -0.2) is 26.6 Å². The Labute approximate surface area is 119 Å². The van der Waals surface area contributed by atoms with Crippen LogP contribution in [0.3, 0.4) is 0 Å². The summed E-state index contributed by atoms with van der Waals surface area (Å²) in [5, 5.41) is 0. The van der Waals surface area contributed by atoms with Crippen LogP contribution in [0.5, 0.6) is 0 Å². The Morgan fingerprint density at radius 2 is 1.50 bits per heavy atom. The van der Waals surface area contributed by atoms with E-state index in [2.05, 4.69) is 0 Å². The number of methoxy groups -OCH3 is 2. The van der Waals surface area contributed by atoms with E-state index in [1.807, 2.05) is 48.5 Å². The lowest BCUT2D eigenvalue weighted by atomic mass is 9.86. The van der Waals surface area contributed by atoms with Gasteiger partial charge in [0.2, 0.25) is 5.78 Å². The number of hydrogen-bond acceptors (Lipinski definition) is 3. The molecule has 1 unspecified atom stereocenters. The van der Waals surface area contributed by atoms with Crippen molar-refractivity contribution in [1.29, 1.82) is 0 Å². The number of benzene rings is 2. The highest BCUT2D eigenvalue weighted by Gasteiger charge is 2.41. The summed E-state index contributed by atoms with van der Waals surface area (Å²) < 4.78 is 10.9. The zero-order valence-corrected chi connectivity index (χ0v) is 11.7. The fourth-order valence-electron chi connectivity index (χ4n) is 2.28. The van der Waals surface area contributed by atoms with Crippen molar-refractivity contribution in [3.05, 3.63) is 71.8 Å². The van der Waals surface area contributed by atoms with Gasteiger partial charge >= 0.3 is 0 Å². The van der Waals surface area contributed by atoms with Gasteiger partial charge in [-0.05, 0) is 5.56 Å². The first-order valence-corrected chi connectivity index (χ1v) is 6.44. The van der Waals surface area contributed by atoms with E-state index in [-0.39, 0.29) is 12.4 Å². The van der Waals surface area contributed by atoms with Crippen molar-refractivity contribution in [3.8, 4) is 0 Å². The maximum atomic E-state index is 12.9. The van der Waals surface area contributed by atoms with Gasteiger partial charge in [0.15, 0.2) is 5.60 Å². The molecule has 2 aromatic rings. The van der Waals surface area contributed by atoms with Crippen LogP contribution >= 0.6 is 0 Å².